The van der Waals surface area contributed by atoms with Crippen molar-refractivity contribution in [1.82, 2.24) is 15.4 Å². The van der Waals surface area contributed by atoms with Crippen LogP contribution in [0.3, 0.4) is 0 Å². The molecule has 0 radical (unpaired) electrons. The van der Waals surface area contributed by atoms with Gasteiger partial charge in [-0.2, -0.15) is 0 Å². The lowest BCUT2D eigenvalue weighted by molar-refractivity contribution is -0.123. The predicted octanol–water partition coefficient (Wildman–Crippen LogP) is 2.00. The van der Waals surface area contributed by atoms with Crippen molar-refractivity contribution in [1.29, 1.82) is 0 Å². The molecule has 2 aliphatic rings. The fourth-order valence-corrected chi connectivity index (χ4v) is 2.59. The fraction of sp³-hybridized carbons (Fsp3) is 0.769. The molecule has 1 saturated heterocycles. The van der Waals surface area contributed by atoms with Crippen molar-refractivity contribution in [3.63, 3.8) is 0 Å². The van der Waals surface area contributed by atoms with Gasteiger partial charge in [0.05, 0.1) is 11.1 Å². The first kappa shape index (κ1) is 15.5. The zero-order valence-electron chi connectivity index (χ0n) is 12.0. The first-order valence-corrected chi connectivity index (χ1v) is 7.47. The summed E-state index contributed by atoms with van der Waals surface area (Å²) < 4.78 is 3.32. The molecular formula is C13H25N3OS. The van der Waals surface area contributed by atoms with Crippen molar-refractivity contribution in [2.75, 3.05) is 6.54 Å². The molecule has 3 N–H and O–H groups in total. The zero-order chi connectivity index (χ0) is 13.8. The molecule has 2 heterocycles. The highest BCUT2D eigenvalue weighted by Crippen LogP contribution is 2.30. The summed E-state index contributed by atoms with van der Waals surface area (Å²) in [6.07, 6.45) is 3.04. The average Bonchev–Trinajstić information content (AvgIpc) is 2.66. The summed E-state index contributed by atoms with van der Waals surface area (Å²) in [5, 5.41) is 6.96. The van der Waals surface area contributed by atoms with Gasteiger partial charge in [0.15, 0.2) is 0 Å². The Kier molecular flexibility index (Phi) is 5.69. The largest absolute Gasteiger partial charge is 0.319 e. The van der Waals surface area contributed by atoms with Gasteiger partial charge in [0.1, 0.15) is 0 Å². The van der Waals surface area contributed by atoms with Crippen LogP contribution in [-0.4, -0.2) is 24.5 Å². The van der Waals surface area contributed by atoms with Crippen LogP contribution in [0.4, 0.5) is 0 Å². The van der Waals surface area contributed by atoms with Crippen molar-refractivity contribution in [2.24, 2.45) is 5.41 Å². The van der Waals surface area contributed by atoms with Gasteiger partial charge in [-0.1, -0.05) is 34.6 Å². The van der Waals surface area contributed by atoms with E-state index in [1.54, 1.807) is 0 Å². The molecular weight excluding hydrogens is 246 g/mol. The van der Waals surface area contributed by atoms with Gasteiger partial charge < -0.3 is 10.6 Å². The second kappa shape index (κ2) is 6.59. The predicted molar refractivity (Wildman–Crippen MR) is 78.0 cm³/mol. The average molecular weight is 271 g/mol. The highest BCUT2D eigenvalue weighted by atomic mass is 32.2. The second-order valence-electron chi connectivity index (χ2n) is 5.38. The van der Waals surface area contributed by atoms with E-state index in [0.29, 0.717) is 6.04 Å². The van der Waals surface area contributed by atoms with Crippen molar-refractivity contribution in [2.45, 2.75) is 53.1 Å². The molecule has 0 saturated carbocycles. The smallest absolute Gasteiger partial charge is 0.241 e. The molecule has 0 aromatic carbocycles. The Hall–Kier alpha value is -0.520. The van der Waals surface area contributed by atoms with E-state index < -0.39 is 0 Å². The minimum Gasteiger partial charge on any atom is -0.319 e. The molecule has 2 rings (SSSR count). The van der Waals surface area contributed by atoms with Crippen LogP contribution in [-0.2, 0) is 4.79 Å². The molecule has 1 fully saturated rings. The number of rotatable bonds is 2. The zero-order valence-corrected chi connectivity index (χ0v) is 12.8. The Bertz CT molecular complexity index is 319. The van der Waals surface area contributed by atoms with Crippen LogP contribution < -0.4 is 15.4 Å². The standard InChI is InChI=1S/C11H19N3OS.C2H6/c1-11(2,3)8-6-9(16-14-8)13-10(15)7-4-5-12-7;1-2/h6-8,12,14H,4-5H2,1-3H3,(H,13,15);1-2H3. The number of amides is 1. The fourth-order valence-electron chi connectivity index (χ4n) is 1.56. The number of carbonyl (C=O) groups excluding carboxylic acids is 1. The lowest BCUT2D eigenvalue weighted by Gasteiger charge is -2.26. The van der Waals surface area contributed by atoms with Crippen molar-refractivity contribution in [3.8, 4) is 0 Å². The van der Waals surface area contributed by atoms with Gasteiger partial charge >= 0.3 is 0 Å². The van der Waals surface area contributed by atoms with Crippen LogP contribution >= 0.6 is 11.9 Å². The van der Waals surface area contributed by atoms with Crippen molar-refractivity contribution < 1.29 is 4.79 Å². The highest BCUT2D eigenvalue weighted by molar-refractivity contribution is 8.01. The van der Waals surface area contributed by atoms with Gasteiger partial charge in [-0.05, 0) is 36.4 Å². The number of hydrogen-bond acceptors (Lipinski definition) is 4. The lowest BCUT2D eigenvalue weighted by atomic mass is 9.87. The van der Waals surface area contributed by atoms with Gasteiger partial charge in [0.2, 0.25) is 5.91 Å². The van der Waals surface area contributed by atoms with Gasteiger partial charge in [0.25, 0.3) is 0 Å². The SMILES string of the molecule is CC.CC(C)(C)C1C=C(NC(=O)C2CCN2)SN1. The monoisotopic (exact) mass is 271 g/mol. The molecule has 0 bridgehead atoms. The molecule has 1 amide bonds. The first-order chi connectivity index (χ1) is 8.47. The van der Waals surface area contributed by atoms with Crippen LogP contribution in [0.1, 0.15) is 41.0 Å². The highest BCUT2D eigenvalue weighted by Gasteiger charge is 2.30. The number of nitrogens with one attached hydrogen (secondary N) is 3. The Morgan fingerprint density at radius 1 is 1.44 bits per heavy atom. The summed E-state index contributed by atoms with van der Waals surface area (Å²) in [4.78, 5) is 11.7. The topological polar surface area (TPSA) is 53.2 Å². The minimum absolute atomic E-state index is 0.00943. The van der Waals surface area contributed by atoms with Crippen LogP contribution in [0.5, 0.6) is 0 Å². The van der Waals surface area contributed by atoms with E-state index in [-0.39, 0.29) is 17.4 Å². The summed E-state index contributed by atoms with van der Waals surface area (Å²) in [7, 11) is 0. The van der Waals surface area contributed by atoms with Gasteiger partial charge in [-0.3, -0.25) is 9.52 Å². The summed E-state index contributed by atoms with van der Waals surface area (Å²) in [6.45, 7) is 11.5. The molecule has 2 aliphatic heterocycles. The molecule has 2 unspecified atom stereocenters. The summed E-state index contributed by atoms with van der Waals surface area (Å²) in [6, 6.07) is 0.317. The number of hydrogen-bond donors (Lipinski definition) is 3. The maximum atomic E-state index is 11.7. The van der Waals surface area contributed by atoms with Gasteiger partial charge in [-0.25, -0.2) is 0 Å². The lowest BCUT2D eigenvalue weighted by Crippen LogP contribution is -2.52. The first-order valence-electron chi connectivity index (χ1n) is 6.65. The maximum Gasteiger partial charge on any atom is 0.241 e. The van der Waals surface area contributed by atoms with Gasteiger partial charge in [-0.15, -0.1) is 0 Å². The van der Waals surface area contributed by atoms with Crippen LogP contribution in [0.25, 0.3) is 0 Å². The van der Waals surface area contributed by atoms with E-state index in [1.807, 2.05) is 13.8 Å². The van der Waals surface area contributed by atoms with E-state index in [0.717, 1.165) is 18.0 Å². The van der Waals surface area contributed by atoms with E-state index in [4.69, 9.17) is 0 Å². The maximum absolute atomic E-state index is 11.7. The molecule has 0 spiro atoms. The number of carbonyl (C=O) groups is 1. The van der Waals surface area contributed by atoms with E-state index in [9.17, 15) is 4.79 Å². The third-order valence-corrected chi connectivity index (χ3v) is 3.76. The Morgan fingerprint density at radius 2 is 2.06 bits per heavy atom. The van der Waals surface area contributed by atoms with Crippen LogP contribution in [0.2, 0.25) is 0 Å². The van der Waals surface area contributed by atoms with Gasteiger partial charge in [0, 0.05) is 6.04 Å². The van der Waals surface area contributed by atoms with E-state index in [2.05, 4.69) is 42.2 Å². The molecule has 0 aromatic rings. The minimum atomic E-state index is 0.00943. The Balaban J connectivity index is 0.000000771. The van der Waals surface area contributed by atoms with E-state index >= 15 is 0 Å². The van der Waals surface area contributed by atoms with Crippen molar-refractivity contribution >= 4 is 17.9 Å². The van der Waals surface area contributed by atoms with Crippen LogP contribution in [0, 0.1) is 5.41 Å². The third kappa shape index (κ3) is 4.00. The normalized spacial score (nSPS) is 26.6. The Morgan fingerprint density at radius 3 is 2.44 bits per heavy atom. The van der Waals surface area contributed by atoms with Crippen LogP contribution in [0.15, 0.2) is 11.1 Å². The summed E-state index contributed by atoms with van der Waals surface area (Å²) >= 11 is 1.51. The quantitative estimate of drug-likeness (QED) is 0.672. The summed E-state index contributed by atoms with van der Waals surface area (Å²) in [5.41, 5.74) is 0.175. The molecule has 4 nitrogen and oxygen atoms in total. The molecule has 18 heavy (non-hydrogen) atoms. The third-order valence-electron chi connectivity index (χ3n) is 2.93. The van der Waals surface area contributed by atoms with E-state index in [1.165, 1.54) is 11.9 Å². The molecule has 5 heteroatoms. The molecule has 104 valence electrons. The Labute approximate surface area is 114 Å². The molecule has 2 atom stereocenters. The molecule has 0 aliphatic carbocycles. The second-order valence-corrected chi connectivity index (χ2v) is 6.26. The molecule has 0 aromatic heterocycles. The summed E-state index contributed by atoms with van der Waals surface area (Å²) in [5.74, 6) is 0.0846. The van der Waals surface area contributed by atoms with Crippen molar-refractivity contribution in [3.05, 3.63) is 11.1 Å².